The number of nitrogens with two attached hydrogens (primary N) is 1. The van der Waals surface area contributed by atoms with Crippen LogP contribution in [0, 0.1) is 6.92 Å². The summed E-state index contributed by atoms with van der Waals surface area (Å²) in [6.45, 7) is 7.58. The molecule has 14 heavy (non-hydrogen) atoms. The van der Waals surface area contributed by atoms with E-state index in [-0.39, 0.29) is 5.56 Å². The van der Waals surface area contributed by atoms with E-state index in [4.69, 9.17) is 5.73 Å². The fourth-order valence-corrected chi connectivity index (χ4v) is 1.66. The van der Waals surface area contributed by atoms with Crippen LogP contribution in [-0.4, -0.2) is 9.36 Å². The molecule has 0 bridgehead atoms. The Morgan fingerprint density at radius 2 is 1.93 bits per heavy atom. The first-order chi connectivity index (χ1) is 6.63. The number of unbranched alkanes of at least 4 members (excludes halogenated alkanes) is 1. The molecule has 0 aliphatic rings. The minimum absolute atomic E-state index is 0.0437. The predicted octanol–water partition coefficient (Wildman–Crippen LogP) is 1.36. The second-order valence-corrected chi connectivity index (χ2v) is 3.50. The van der Waals surface area contributed by atoms with Crippen LogP contribution in [0.2, 0.25) is 0 Å². The van der Waals surface area contributed by atoms with Gasteiger partial charge in [0.25, 0.3) is 5.56 Å². The fraction of sp³-hybridized carbons (Fsp3) is 0.700. The van der Waals surface area contributed by atoms with E-state index in [9.17, 15) is 4.79 Å². The van der Waals surface area contributed by atoms with Crippen LogP contribution in [0.25, 0.3) is 0 Å². The van der Waals surface area contributed by atoms with Crippen molar-refractivity contribution in [3.63, 3.8) is 0 Å². The lowest BCUT2D eigenvalue weighted by atomic mass is 10.3. The zero-order chi connectivity index (χ0) is 10.7. The van der Waals surface area contributed by atoms with Crippen molar-refractivity contribution in [1.29, 1.82) is 0 Å². The molecule has 4 nitrogen and oxygen atoms in total. The highest BCUT2D eigenvalue weighted by Gasteiger charge is 2.11. The first kappa shape index (κ1) is 10.9. The second-order valence-electron chi connectivity index (χ2n) is 3.50. The number of nitrogen functional groups attached to an aromatic ring is 1. The molecule has 0 spiro atoms. The molecule has 0 aromatic carbocycles. The first-order valence-electron chi connectivity index (χ1n) is 5.19. The molecule has 0 fully saturated rings. The summed E-state index contributed by atoms with van der Waals surface area (Å²) in [4.78, 5) is 11.7. The summed E-state index contributed by atoms with van der Waals surface area (Å²) in [6.07, 6.45) is 2.10. The lowest BCUT2D eigenvalue weighted by Crippen LogP contribution is -2.23. The SMILES string of the molecule is CCCCn1c(=O)c(N)c(C)n1CC. The van der Waals surface area contributed by atoms with Crippen LogP contribution < -0.4 is 11.3 Å². The number of rotatable bonds is 4. The van der Waals surface area contributed by atoms with Gasteiger partial charge in [0.15, 0.2) is 0 Å². The lowest BCUT2D eigenvalue weighted by Gasteiger charge is -2.10. The van der Waals surface area contributed by atoms with E-state index in [1.54, 1.807) is 4.68 Å². The molecular weight excluding hydrogens is 178 g/mol. The summed E-state index contributed by atoms with van der Waals surface area (Å²) in [5.41, 5.74) is 6.93. The van der Waals surface area contributed by atoms with E-state index >= 15 is 0 Å². The summed E-state index contributed by atoms with van der Waals surface area (Å²) in [6, 6.07) is 0. The molecule has 0 radical (unpaired) electrons. The van der Waals surface area contributed by atoms with Gasteiger partial charge in [0.1, 0.15) is 5.69 Å². The van der Waals surface area contributed by atoms with Gasteiger partial charge in [-0.05, 0) is 20.3 Å². The van der Waals surface area contributed by atoms with Crippen molar-refractivity contribution < 1.29 is 0 Å². The van der Waals surface area contributed by atoms with Crippen LogP contribution in [0.3, 0.4) is 0 Å². The third-order valence-corrected chi connectivity index (χ3v) is 2.56. The van der Waals surface area contributed by atoms with E-state index in [1.165, 1.54) is 0 Å². The number of nitrogens with zero attached hydrogens (tertiary/aromatic N) is 2. The molecule has 1 aromatic rings. The lowest BCUT2D eigenvalue weighted by molar-refractivity contribution is 0.436. The van der Waals surface area contributed by atoms with Gasteiger partial charge in [-0.1, -0.05) is 13.3 Å². The van der Waals surface area contributed by atoms with Crippen LogP contribution in [0.4, 0.5) is 5.69 Å². The molecule has 0 unspecified atom stereocenters. The topological polar surface area (TPSA) is 52.9 Å². The monoisotopic (exact) mass is 197 g/mol. The minimum Gasteiger partial charge on any atom is -0.393 e. The minimum atomic E-state index is -0.0437. The molecule has 1 rings (SSSR count). The smallest absolute Gasteiger partial charge is 0.290 e. The van der Waals surface area contributed by atoms with Crippen LogP contribution in [0.15, 0.2) is 4.79 Å². The number of aromatic nitrogens is 2. The molecule has 1 aromatic heterocycles. The van der Waals surface area contributed by atoms with Crippen molar-refractivity contribution in [1.82, 2.24) is 9.36 Å². The molecule has 80 valence electrons. The highest BCUT2D eigenvalue weighted by molar-refractivity contribution is 5.40. The molecule has 4 heteroatoms. The van der Waals surface area contributed by atoms with Gasteiger partial charge < -0.3 is 5.73 Å². The quantitative estimate of drug-likeness (QED) is 0.792. The summed E-state index contributed by atoms with van der Waals surface area (Å²) < 4.78 is 3.70. The third-order valence-electron chi connectivity index (χ3n) is 2.56. The van der Waals surface area contributed by atoms with Gasteiger partial charge in [0.2, 0.25) is 0 Å². The maximum absolute atomic E-state index is 11.7. The van der Waals surface area contributed by atoms with Crippen molar-refractivity contribution in [3.8, 4) is 0 Å². The van der Waals surface area contributed by atoms with Crippen molar-refractivity contribution in [2.24, 2.45) is 0 Å². The van der Waals surface area contributed by atoms with Crippen LogP contribution in [0.5, 0.6) is 0 Å². The Bertz CT molecular complexity index is 362. The van der Waals surface area contributed by atoms with Gasteiger partial charge in [-0.25, -0.2) is 4.68 Å². The van der Waals surface area contributed by atoms with Gasteiger partial charge >= 0.3 is 0 Å². The summed E-state index contributed by atoms with van der Waals surface area (Å²) in [5, 5.41) is 0. The van der Waals surface area contributed by atoms with Crippen molar-refractivity contribution in [3.05, 3.63) is 16.0 Å². The Kier molecular flexibility index (Phi) is 3.38. The normalized spacial score (nSPS) is 10.8. The van der Waals surface area contributed by atoms with E-state index in [0.717, 1.165) is 31.6 Å². The average molecular weight is 197 g/mol. The number of anilines is 1. The summed E-state index contributed by atoms with van der Waals surface area (Å²) in [5.74, 6) is 0. The van der Waals surface area contributed by atoms with Crippen LogP contribution >= 0.6 is 0 Å². The molecule has 0 aliphatic heterocycles. The number of hydrogen-bond acceptors (Lipinski definition) is 2. The van der Waals surface area contributed by atoms with Gasteiger partial charge in [0, 0.05) is 13.1 Å². The van der Waals surface area contributed by atoms with Gasteiger partial charge in [-0.3, -0.25) is 9.48 Å². The predicted molar refractivity (Wildman–Crippen MR) is 58.4 cm³/mol. The zero-order valence-electron chi connectivity index (χ0n) is 9.21. The maximum atomic E-state index is 11.7. The molecule has 0 aliphatic carbocycles. The van der Waals surface area contributed by atoms with E-state index in [2.05, 4.69) is 6.92 Å². The Morgan fingerprint density at radius 1 is 1.29 bits per heavy atom. The van der Waals surface area contributed by atoms with E-state index in [1.807, 2.05) is 18.5 Å². The van der Waals surface area contributed by atoms with Crippen LogP contribution in [-0.2, 0) is 13.1 Å². The Balaban J connectivity index is 3.13. The Hall–Kier alpha value is -1.19. The molecule has 0 saturated carbocycles. The third kappa shape index (κ3) is 1.69. The molecule has 0 saturated heterocycles. The second kappa shape index (κ2) is 4.35. The molecule has 1 heterocycles. The molecule has 2 N–H and O–H groups in total. The largest absolute Gasteiger partial charge is 0.393 e. The molecule has 0 amide bonds. The molecule has 0 atom stereocenters. The average Bonchev–Trinajstić information content (AvgIpc) is 2.39. The van der Waals surface area contributed by atoms with Gasteiger partial charge in [0.05, 0.1) is 5.69 Å². The highest BCUT2D eigenvalue weighted by Crippen LogP contribution is 2.07. The zero-order valence-corrected chi connectivity index (χ0v) is 9.21. The Morgan fingerprint density at radius 3 is 2.43 bits per heavy atom. The Labute approximate surface area is 84.3 Å². The van der Waals surface area contributed by atoms with Gasteiger partial charge in [-0.15, -0.1) is 0 Å². The van der Waals surface area contributed by atoms with Crippen LogP contribution in [0.1, 0.15) is 32.4 Å². The maximum Gasteiger partial charge on any atom is 0.290 e. The standard InChI is InChI=1S/C10H19N3O/c1-4-6-7-13-10(14)9(11)8(3)12(13)5-2/h4-7,11H2,1-3H3. The highest BCUT2D eigenvalue weighted by atomic mass is 16.1. The van der Waals surface area contributed by atoms with E-state index in [0.29, 0.717) is 5.69 Å². The summed E-state index contributed by atoms with van der Waals surface area (Å²) in [7, 11) is 0. The first-order valence-corrected chi connectivity index (χ1v) is 5.19. The summed E-state index contributed by atoms with van der Waals surface area (Å²) >= 11 is 0. The fourth-order valence-electron chi connectivity index (χ4n) is 1.66. The van der Waals surface area contributed by atoms with E-state index < -0.39 is 0 Å². The van der Waals surface area contributed by atoms with Crippen molar-refractivity contribution >= 4 is 5.69 Å². The number of hydrogen-bond donors (Lipinski definition) is 1. The van der Waals surface area contributed by atoms with Gasteiger partial charge in [-0.2, -0.15) is 0 Å². The van der Waals surface area contributed by atoms with Crippen molar-refractivity contribution in [2.45, 2.75) is 46.7 Å². The molecular formula is C10H19N3O. The van der Waals surface area contributed by atoms with Crippen molar-refractivity contribution in [2.75, 3.05) is 5.73 Å².